The molecule has 0 unspecified atom stereocenters. The molecule has 0 aliphatic rings. The lowest BCUT2D eigenvalue weighted by molar-refractivity contribution is -0.131. The molecule has 0 saturated heterocycles. The summed E-state index contributed by atoms with van der Waals surface area (Å²) in [4.78, 5) is 34.6. The number of benzene rings is 2. The fraction of sp³-hybridized carbons (Fsp3) is 0.227. The van der Waals surface area contributed by atoms with Crippen molar-refractivity contribution < 1.29 is 34.1 Å². The first-order chi connectivity index (χ1) is 14.2. The van der Waals surface area contributed by atoms with Gasteiger partial charge in [0.15, 0.2) is 17.3 Å². The summed E-state index contributed by atoms with van der Waals surface area (Å²) in [5.74, 6) is -1.63. The van der Waals surface area contributed by atoms with Crippen LogP contribution in [0.4, 0.5) is 10.5 Å². The van der Waals surface area contributed by atoms with E-state index in [1.807, 2.05) is 0 Å². The Morgan fingerprint density at radius 3 is 2.30 bits per heavy atom. The summed E-state index contributed by atoms with van der Waals surface area (Å²) in [6, 6.07) is 10.8. The van der Waals surface area contributed by atoms with Crippen LogP contribution < -0.4 is 10.1 Å². The number of carboxylic acid groups (broad SMARTS) is 1. The molecule has 30 heavy (non-hydrogen) atoms. The lowest BCUT2D eigenvalue weighted by Crippen LogP contribution is -2.21. The number of carboxylic acids is 1. The van der Waals surface area contributed by atoms with Crippen LogP contribution in [0.1, 0.15) is 35.9 Å². The smallest absolute Gasteiger partial charge is 0.412 e. The number of carbonyl (C=O) groups excluding carboxylic acids is 2. The van der Waals surface area contributed by atoms with E-state index in [1.54, 1.807) is 37.3 Å². The molecule has 0 heterocycles. The van der Waals surface area contributed by atoms with Crippen molar-refractivity contribution in [2.24, 2.45) is 5.92 Å². The van der Waals surface area contributed by atoms with Gasteiger partial charge in [-0.1, -0.05) is 19.1 Å². The molecule has 0 aliphatic carbocycles. The maximum atomic E-state index is 12.4. The average Bonchev–Trinajstić information content (AvgIpc) is 2.70. The number of anilines is 1. The third-order valence-corrected chi connectivity index (χ3v) is 4.32. The molecule has 0 radical (unpaired) electrons. The van der Waals surface area contributed by atoms with Crippen molar-refractivity contribution in [2.75, 3.05) is 12.4 Å². The number of aromatic hydroxyl groups is 1. The number of nitrogens with one attached hydrogen (secondary N) is 1. The number of carbonyl (C=O) groups is 3. The summed E-state index contributed by atoms with van der Waals surface area (Å²) in [7, 11) is 1.41. The molecule has 0 saturated carbocycles. The number of phenols is 1. The average molecular weight is 413 g/mol. The van der Waals surface area contributed by atoms with Crippen LogP contribution in [0.25, 0.3) is 0 Å². The SMILES string of the molecule is COc1ccc([C@H](OC(=O)Nc2ccc(C(C)=O)cc2)[C@H](C)/C=C/C(=O)O)cc1O. The number of rotatable bonds is 8. The van der Waals surface area contributed by atoms with Crippen LogP contribution in [0.5, 0.6) is 11.5 Å². The minimum atomic E-state index is -1.13. The Kier molecular flexibility index (Phi) is 7.57. The molecule has 0 fully saturated rings. The fourth-order valence-corrected chi connectivity index (χ4v) is 2.75. The lowest BCUT2D eigenvalue weighted by atomic mass is 9.96. The van der Waals surface area contributed by atoms with Gasteiger partial charge < -0.3 is 19.7 Å². The molecule has 158 valence electrons. The van der Waals surface area contributed by atoms with Crippen molar-refractivity contribution in [2.45, 2.75) is 20.0 Å². The Morgan fingerprint density at radius 2 is 1.77 bits per heavy atom. The van der Waals surface area contributed by atoms with E-state index in [0.717, 1.165) is 6.08 Å². The van der Waals surface area contributed by atoms with Gasteiger partial charge in [0.25, 0.3) is 0 Å². The third-order valence-electron chi connectivity index (χ3n) is 4.32. The van der Waals surface area contributed by atoms with Crippen molar-refractivity contribution in [3.8, 4) is 11.5 Å². The first kappa shape index (κ1) is 22.5. The minimum absolute atomic E-state index is 0.0949. The largest absolute Gasteiger partial charge is 0.504 e. The summed E-state index contributed by atoms with van der Waals surface area (Å²) in [5, 5.41) is 21.5. The molecule has 2 aromatic rings. The number of phenolic OH excluding ortho intramolecular Hbond substituents is 1. The van der Waals surface area contributed by atoms with Gasteiger partial charge in [-0.2, -0.15) is 0 Å². The summed E-state index contributed by atoms with van der Waals surface area (Å²) >= 11 is 0. The highest BCUT2D eigenvalue weighted by atomic mass is 16.6. The van der Waals surface area contributed by atoms with E-state index < -0.39 is 24.1 Å². The molecule has 0 aromatic heterocycles. The van der Waals surface area contributed by atoms with E-state index in [9.17, 15) is 19.5 Å². The van der Waals surface area contributed by atoms with E-state index in [-0.39, 0.29) is 17.3 Å². The molecule has 0 aliphatic heterocycles. The van der Waals surface area contributed by atoms with Crippen LogP contribution in [-0.4, -0.2) is 35.2 Å². The molecule has 2 atom stereocenters. The van der Waals surface area contributed by atoms with Crippen molar-refractivity contribution in [3.05, 3.63) is 65.7 Å². The first-order valence-electron chi connectivity index (χ1n) is 9.08. The van der Waals surface area contributed by atoms with E-state index in [4.69, 9.17) is 14.6 Å². The van der Waals surface area contributed by atoms with Gasteiger partial charge >= 0.3 is 12.1 Å². The highest BCUT2D eigenvalue weighted by molar-refractivity contribution is 5.95. The van der Waals surface area contributed by atoms with Crippen molar-refractivity contribution in [1.82, 2.24) is 0 Å². The van der Waals surface area contributed by atoms with Crippen LogP contribution >= 0.6 is 0 Å². The van der Waals surface area contributed by atoms with Crippen LogP contribution in [0.3, 0.4) is 0 Å². The maximum Gasteiger partial charge on any atom is 0.412 e. The van der Waals surface area contributed by atoms with Gasteiger partial charge in [0.2, 0.25) is 0 Å². The second-order valence-corrected chi connectivity index (χ2v) is 6.57. The summed E-state index contributed by atoms with van der Waals surface area (Å²) in [6.45, 7) is 3.12. The van der Waals surface area contributed by atoms with E-state index >= 15 is 0 Å². The molecule has 0 spiro atoms. The van der Waals surface area contributed by atoms with Gasteiger partial charge in [0.05, 0.1) is 7.11 Å². The number of hydrogen-bond donors (Lipinski definition) is 3. The number of ketones is 1. The second-order valence-electron chi connectivity index (χ2n) is 6.57. The monoisotopic (exact) mass is 413 g/mol. The van der Waals surface area contributed by atoms with Crippen LogP contribution in [-0.2, 0) is 9.53 Å². The van der Waals surface area contributed by atoms with Crippen molar-refractivity contribution in [1.29, 1.82) is 0 Å². The van der Waals surface area contributed by atoms with Gasteiger partial charge in [-0.25, -0.2) is 9.59 Å². The topological polar surface area (TPSA) is 122 Å². The zero-order valence-electron chi connectivity index (χ0n) is 16.8. The Hall–Kier alpha value is -3.81. The zero-order chi connectivity index (χ0) is 22.3. The summed E-state index contributed by atoms with van der Waals surface area (Å²) < 4.78 is 10.5. The highest BCUT2D eigenvalue weighted by Gasteiger charge is 2.24. The Labute approximate surface area is 173 Å². The predicted molar refractivity (Wildman–Crippen MR) is 110 cm³/mol. The Balaban J connectivity index is 2.23. The number of hydrogen-bond acceptors (Lipinski definition) is 6. The van der Waals surface area contributed by atoms with Crippen LogP contribution in [0.2, 0.25) is 0 Å². The summed E-state index contributed by atoms with van der Waals surface area (Å²) in [6.07, 6.45) is 0.696. The third kappa shape index (κ3) is 6.10. The minimum Gasteiger partial charge on any atom is -0.504 e. The van der Waals surface area contributed by atoms with Gasteiger partial charge in [-0.3, -0.25) is 10.1 Å². The number of ether oxygens (including phenoxy) is 2. The maximum absolute atomic E-state index is 12.4. The second kappa shape index (κ2) is 10.1. The van der Waals surface area contributed by atoms with E-state index in [0.29, 0.717) is 16.8 Å². The molecular weight excluding hydrogens is 390 g/mol. The Morgan fingerprint density at radius 1 is 1.10 bits per heavy atom. The lowest BCUT2D eigenvalue weighted by Gasteiger charge is -2.23. The summed E-state index contributed by atoms with van der Waals surface area (Å²) in [5.41, 5.74) is 1.39. The number of methoxy groups -OCH3 is 1. The molecule has 0 bridgehead atoms. The molecule has 3 N–H and O–H groups in total. The number of Topliss-reactive ketones (excluding diaryl/α,β-unsaturated/α-hetero) is 1. The van der Waals surface area contributed by atoms with Crippen molar-refractivity contribution in [3.63, 3.8) is 0 Å². The molecule has 2 aromatic carbocycles. The molecule has 8 nitrogen and oxygen atoms in total. The fourth-order valence-electron chi connectivity index (χ4n) is 2.75. The van der Waals surface area contributed by atoms with E-state index in [2.05, 4.69) is 5.32 Å². The predicted octanol–water partition coefficient (Wildman–Crippen LogP) is 4.17. The Bertz CT molecular complexity index is 950. The highest BCUT2D eigenvalue weighted by Crippen LogP contribution is 2.34. The van der Waals surface area contributed by atoms with Gasteiger partial charge in [0, 0.05) is 23.2 Å². The first-order valence-corrected chi connectivity index (χ1v) is 9.08. The van der Waals surface area contributed by atoms with Crippen LogP contribution in [0, 0.1) is 5.92 Å². The number of amides is 1. The normalized spacial score (nSPS) is 12.8. The molecule has 2 rings (SSSR count). The van der Waals surface area contributed by atoms with Gasteiger partial charge in [-0.05, 0) is 48.9 Å². The standard InChI is InChI=1S/C22H23NO7/c1-13(4-11-20(26)27)21(16-7-10-19(29-3)18(25)12-16)30-22(28)23-17-8-5-15(6-9-17)14(2)24/h4-13,21,25H,1-3H3,(H,23,28)(H,26,27)/b11-4+/t13-,21-/m1/s1. The molecule has 1 amide bonds. The zero-order valence-corrected chi connectivity index (χ0v) is 16.8. The quantitative estimate of drug-likeness (QED) is 0.438. The van der Waals surface area contributed by atoms with Gasteiger partial charge in [-0.15, -0.1) is 0 Å². The van der Waals surface area contributed by atoms with Crippen LogP contribution in [0.15, 0.2) is 54.6 Å². The van der Waals surface area contributed by atoms with E-state index in [1.165, 1.54) is 32.2 Å². The van der Waals surface area contributed by atoms with Gasteiger partial charge in [0.1, 0.15) is 6.10 Å². The molecule has 8 heteroatoms. The number of aliphatic carboxylic acids is 1. The van der Waals surface area contributed by atoms with Crippen molar-refractivity contribution >= 4 is 23.5 Å². The molecular formula is C22H23NO7.